The van der Waals surface area contributed by atoms with Crippen LogP contribution in [0.1, 0.15) is 6.42 Å². The molecule has 0 atom stereocenters. The molecule has 0 saturated carbocycles. The van der Waals surface area contributed by atoms with Gasteiger partial charge in [0.05, 0.1) is 7.11 Å². The number of hydrogen-bond acceptors (Lipinski definition) is 3. The lowest BCUT2D eigenvalue weighted by molar-refractivity contribution is 0.415. The summed E-state index contributed by atoms with van der Waals surface area (Å²) in [4.78, 5) is 0. The fraction of sp³-hybridized carbons (Fsp3) is 0.250. The summed E-state index contributed by atoms with van der Waals surface area (Å²) in [5.74, 6) is 0.882. The minimum Gasteiger partial charge on any atom is -0.497 e. The molecule has 0 aromatic heterocycles. The molecule has 0 bridgehead atoms. The van der Waals surface area contributed by atoms with Crippen LogP contribution in [0, 0.1) is 0 Å². The van der Waals surface area contributed by atoms with Crippen molar-refractivity contribution in [2.75, 3.05) is 30.8 Å². The van der Waals surface area contributed by atoms with Gasteiger partial charge in [-0.1, -0.05) is 24.3 Å². The molecule has 0 amide bonds. The molecule has 0 saturated heterocycles. The Labute approximate surface area is 114 Å². The van der Waals surface area contributed by atoms with Crippen LogP contribution < -0.4 is 15.4 Å². The summed E-state index contributed by atoms with van der Waals surface area (Å²) in [5.41, 5.74) is 2.27. The van der Waals surface area contributed by atoms with E-state index in [1.165, 1.54) is 5.69 Å². The number of rotatable bonds is 7. The van der Waals surface area contributed by atoms with E-state index in [-0.39, 0.29) is 0 Å². The Morgan fingerprint density at radius 2 is 1.53 bits per heavy atom. The van der Waals surface area contributed by atoms with Gasteiger partial charge >= 0.3 is 0 Å². The SMILES string of the molecule is COc1cccc(NCCCNc2ccccc2)c1. The lowest BCUT2D eigenvalue weighted by atomic mass is 10.3. The summed E-state index contributed by atoms with van der Waals surface area (Å²) in [7, 11) is 1.68. The molecule has 0 fully saturated rings. The fourth-order valence-electron chi connectivity index (χ4n) is 1.84. The Kier molecular flexibility index (Phi) is 5.11. The molecule has 2 aromatic carbocycles. The predicted molar refractivity (Wildman–Crippen MR) is 81.0 cm³/mol. The van der Waals surface area contributed by atoms with Gasteiger partial charge in [0.1, 0.15) is 5.75 Å². The van der Waals surface area contributed by atoms with Crippen LogP contribution in [0.2, 0.25) is 0 Å². The number of nitrogens with one attached hydrogen (secondary N) is 2. The van der Waals surface area contributed by atoms with Crippen LogP contribution in [0.15, 0.2) is 54.6 Å². The van der Waals surface area contributed by atoms with Crippen LogP contribution >= 0.6 is 0 Å². The molecule has 0 radical (unpaired) electrons. The molecule has 3 nitrogen and oxygen atoms in total. The van der Waals surface area contributed by atoms with Crippen molar-refractivity contribution < 1.29 is 4.74 Å². The van der Waals surface area contributed by atoms with Crippen LogP contribution in [-0.4, -0.2) is 20.2 Å². The van der Waals surface area contributed by atoms with E-state index < -0.39 is 0 Å². The van der Waals surface area contributed by atoms with Crippen LogP contribution in [0.4, 0.5) is 11.4 Å². The third-order valence-electron chi connectivity index (χ3n) is 2.86. The van der Waals surface area contributed by atoms with Crippen molar-refractivity contribution >= 4 is 11.4 Å². The standard InChI is InChI=1S/C16H20N2O/c1-19-16-10-5-9-15(13-16)18-12-6-11-17-14-7-3-2-4-8-14/h2-5,7-10,13,17-18H,6,11-12H2,1H3. The van der Waals surface area contributed by atoms with Crippen LogP contribution in [0.3, 0.4) is 0 Å². The topological polar surface area (TPSA) is 33.3 Å². The Morgan fingerprint density at radius 3 is 2.26 bits per heavy atom. The normalized spacial score (nSPS) is 9.95. The fourth-order valence-corrected chi connectivity index (χ4v) is 1.84. The lowest BCUT2D eigenvalue weighted by Gasteiger charge is -2.09. The van der Waals surface area contributed by atoms with E-state index in [0.29, 0.717) is 0 Å². The molecule has 0 aliphatic carbocycles. The zero-order chi connectivity index (χ0) is 13.3. The van der Waals surface area contributed by atoms with Gasteiger partial charge < -0.3 is 15.4 Å². The maximum Gasteiger partial charge on any atom is 0.120 e. The van der Waals surface area contributed by atoms with E-state index in [1.54, 1.807) is 7.11 Å². The van der Waals surface area contributed by atoms with Gasteiger partial charge in [-0.05, 0) is 30.7 Å². The van der Waals surface area contributed by atoms with Gasteiger partial charge in [0.25, 0.3) is 0 Å². The second-order valence-corrected chi connectivity index (χ2v) is 4.31. The smallest absolute Gasteiger partial charge is 0.120 e. The number of ether oxygens (including phenoxy) is 1. The number of benzene rings is 2. The van der Waals surface area contributed by atoms with Gasteiger partial charge in [0, 0.05) is 30.5 Å². The minimum absolute atomic E-state index is 0.882. The van der Waals surface area contributed by atoms with Gasteiger partial charge in [-0.3, -0.25) is 0 Å². The average Bonchev–Trinajstić information content (AvgIpc) is 2.48. The number of hydrogen-bond donors (Lipinski definition) is 2. The minimum atomic E-state index is 0.882. The van der Waals surface area contributed by atoms with E-state index in [9.17, 15) is 0 Å². The van der Waals surface area contributed by atoms with Gasteiger partial charge in [-0.15, -0.1) is 0 Å². The second kappa shape index (κ2) is 7.31. The monoisotopic (exact) mass is 256 g/mol. The third kappa shape index (κ3) is 4.54. The second-order valence-electron chi connectivity index (χ2n) is 4.31. The zero-order valence-corrected chi connectivity index (χ0v) is 11.2. The zero-order valence-electron chi connectivity index (χ0n) is 11.2. The third-order valence-corrected chi connectivity index (χ3v) is 2.86. The summed E-state index contributed by atoms with van der Waals surface area (Å²) >= 11 is 0. The van der Waals surface area contributed by atoms with Crippen molar-refractivity contribution in [2.24, 2.45) is 0 Å². The predicted octanol–water partition coefficient (Wildman–Crippen LogP) is 3.61. The molecular weight excluding hydrogens is 236 g/mol. The maximum absolute atomic E-state index is 5.19. The largest absolute Gasteiger partial charge is 0.497 e. The van der Waals surface area contributed by atoms with Gasteiger partial charge in [-0.25, -0.2) is 0 Å². The molecule has 100 valence electrons. The highest BCUT2D eigenvalue weighted by Gasteiger charge is 1.95. The highest BCUT2D eigenvalue weighted by Crippen LogP contribution is 2.16. The highest BCUT2D eigenvalue weighted by atomic mass is 16.5. The first-order valence-electron chi connectivity index (χ1n) is 6.55. The lowest BCUT2D eigenvalue weighted by Crippen LogP contribution is -2.09. The summed E-state index contributed by atoms with van der Waals surface area (Å²) < 4.78 is 5.19. The average molecular weight is 256 g/mol. The van der Waals surface area contributed by atoms with Gasteiger partial charge in [0.2, 0.25) is 0 Å². The molecule has 0 unspecified atom stereocenters. The summed E-state index contributed by atoms with van der Waals surface area (Å²) in [5, 5.41) is 6.77. The Bertz CT molecular complexity index is 485. The van der Waals surface area contributed by atoms with Gasteiger partial charge in [-0.2, -0.15) is 0 Å². The Balaban J connectivity index is 1.66. The molecule has 3 heteroatoms. The van der Waals surface area contributed by atoms with Crippen LogP contribution in [0.25, 0.3) is 0 Å². The first-order chi connectivity index (χ1) is 9.38. The van der Waals surface area contributed by atoms with Crippen molar-refractivity contribution in [3.63, 3.8) is 0 Å². The molecule has 0 heterocycles. The molecule has 0 aliphatic heterocycles. The number of para-hydroxylation sites is 1. The van der Waals surface area contributed by atoms with Crippen molar-refractivity contribution in [1.82, 2.24) is 0 Å². The molecule has 19 heavy (non-hydrogen) atoms. The van der Waals surface area contributed by atoms with Crippen molar-refractivity contribution in [1.29, 1.82) is 0 Å². The number of anilines is 2. The molecule has 2 aromatic rings. The Morgan fingerprint density at radius 1 is 0.842 bits per heavy atom. The van der Waals surface area contributed by atoms with Gasteiger partial charge in [0.15, 0.2) is 0 Å². The molecule has 0 aliphatic rings. The van der Waals surface area contributed by atoms with Crippen LogP contribution in [-0.2, 0) is 0 Å². The van der Waals surface area contributed by atoms with E-state index in [2.05, 4.69) is 22.8 Å². The molecular formula is C16H20N2O. The first-order valence-corrected chi connectivity index (χ1v) is 6.55. The summed E-state index contributed by atoms with van der Waals surface area (Å²) in [6.07, 6.45) is 1.06. The van der Waals surface area contributed by atoms with Crippen LogP contribution in [0.5, 0.6) is 5.75 Å². The number of methoxy groups -OCH3 is 1. The molecule has 0 spiro atoms. The van der Waals surface area contributed by atoms with E-state index in [4.69, 9.17) is 4.74 Å². The van der Waals surface area contributed by atoms with Crippen molar-refractivity contribution in [3.8, 4) is 5.75 Å². The van der Waals surface area contributed by atoms with E-state index in [1.807, 2.05) is 42.5 Å². The molecule has 2 N–H and O–H groups in total. The maximum atomic E-state index is 5.19. The van der Waals surface area contributed by atoms with E-state index >= 15 is 0 Å². The van der Waals surface area contributed by atoms with Crippen molar-refractivity contribution in [2.45, 2.75) is 6.42 Å². The van der Waals surface area contributed by atoms with E-state index in [0.717, 1.165) is 30.9 Å². The highest BCUT2D eigenvalue weighted by molar-refractivity contribution is 5.48. The summed E-state index contributed by atoms with van der Waals surface area (Å²) in [6.45, 7) is 1.90. The van der Waals surface area contributed by atoms with Crippen molar-refractivity contribution in [3.05, 3.63) is 54.6 Å². The quantitative estimate of drug-likeness (QED) is 0.742. The Hall–Kier alpha value is -2.16. The summed E-state index contributed by atoms with van der Waals surface area (Å²) in [6, 6.07) is 18.2. The molecule has 2 rings (SSSR count). The first kappa shape index (κ1) is 13.3.